The van der Waals surface area contributed by atoms with Crippen LogP contribution in [0.4, 0.5) is 0 Å². The van der Waals surface area contributed by atoms with Crippen molar-refractivity contribution in [3.63, 3.8) is 0 Å². The molecule has 2 aromatic carbocycles. The summed E-state index contributed by atoms with van der Waals surface area (Å²) in [5.74, 6) is 1.53. The number of benzene rings is 2. The molecular formula is C21H18N6O. The average molecular weight is 370 g/mol. The molecule has 5 rings (SSSR count). The van der Waals surface area contributed by atoms with E-state index in [4.69, 9.17) is 4.74 Å². The molecule has 0 saturated carbocycles. The van der Waals surface area contributed by atoms with E-state index in [0.29, 0.717) is 18.1 Å². The van der Waals surface area contributed by atoms with Crippen LogP contribution in [-0.4, -0.2) is 29.8 Å². The molecule has 3 aromatic heterocycles. The van der Waals surface area contributed by atoms with Gasteiger partial charge in [-0.15, -0.1) is 5.10 Å². The molecule has 7 heteroatoms. The first-order valence-electron chi connectivity index (χ1n) is 9.15. The Hall–Kier alpha value is -3.74. The van der Waals surface area contributed by atoms with E-state index >= 15 is 0 Å². The van der Waals surface area contributed by atoms with E-state index < -0.39 is 0 Å². The van der Waals surface area contributed by atoms with Gasteiger partial charge >= 0.3 is 0 Å². The lowest BCUT2D eigenvalue weighted by atomic mass is 10.1. The number of rotatable bonds is 5. The first-order valence-corrected chi connectivity index (χ1v) is 9.15. The van der Waals surface area contributed by atoms with Gasteiger partial charge in [0.05, 0.1) is 11.6 Å². The van der Waals surface area contributed by atoms with Crippen molar-refractivity contribution in [2.24, 2.45) is 0 Å². The third kappa shape index (κ3) is 2.96. The van der Waals surface area contributed by atoms with Gasteiger partial charge in [-0.25, -0.2) is 14.5 Å². The molecule has 0 spiro atoms. The van der Waals surface area contributed by atoms with Crippen molar-refractivity contribution >= 4 is 16.7 Å². The summed E-state index contributed by atoms with van der Waals surface area (Å²) in [6.07, 6.45) is 4.38. The quantitative estimate of drug-likeness (QED) is 0.509. The Labute approximate surface area is 161 Å². The number of nitrogens with one attached hydrogen (secondary N) is 1. The maximum Gasteiger partial charge on any atom is 0.182 e. The topological polar surface area (TPSA) is 81.0 Å². The van der Waals surface area contributed by atoms with Gasteiger partial charge < -0.3 is 4.74 Å². The smallest absolute Gasteiger partial charge is 0.182 e. The zero-order valence-electron chi connectivity index (χ0n) is 15.3. The van der Waals surface area contributed by atoms with Crippen LogP contribution in [0.3, 0.4) is 0 Å². The van der Waals surface area contributed by atoms with Crippen LogP contribution >= 0.6 is 0 Å². The summed E-state index contributed by atoms with van der Waals surface area (Å²) < 4.78 is 7.54. The molecule has 0 aliphatic heterocycles. The summed E-state index contributed by atoms with van der Waals surface area (Å²) in [4.78, 5) is 8.92. The molecule has 0 atom stereocenters. The minimum Gasteiger partial charge on any atom is -0.489 e. The molecule has 0 aliphatic rings. The Morgan fingerprint density at radius 2 is 1.79 bits per heavy atom. The Bertz CT molecular complexity index is 1240. The summed E-state index contributed by atoms with van der Waals surface area (Å²) in [5, 5.41) is 12.2. The molecule has 1 N–H and O–H groups in total. The summed E-state index contributed by atoms with van der Waals surface area (Å²) >= 11 is 0. The molecular weight excluding hydrogens is 352 g/mol. The zero-order chi connectivity index (χ0) is 18.9. The van der Waals surface area contributed by atoms with Crippen LogP contribution < -0.4 is 4.74 Å². The molecule has 0 fully saturated rings. The van der Waals surface area contributed by atoms with Crippen LogP contribution in [0.2, 0.25) is 0 Å². The fraction of sp³-hybridized carbons (Fsp3) is 0.143. The number of nitrogens with zero attached hydrogens (tertiary/aromatic N) is 5. The van der Waals surface area contributed by atoms with Gasteiger partial charge in [0.1, 0.15) is 18.7 Å². The van der Waals surface area contributed by atoms with Crippen molar-refractivity contribution in [3.8, 4) is 17.1 Å². The minimum absolute atomic E-state index is 0.518. The number of ether oxygens (including phenoxy) is 1. The van der Waals surface area contributed by atoms with Crippen molar-refractivity contribution in [2.75, 3.05) is 0 Å². The summed E-state index contributed by atoms with van der Waals surface area (Å²) in [7, 11) is 0. The van der Waals surface area contributed by atoms with Gasteiger partial charge in [0.2, 0.25) is 0 Å². The van der Waals surface area contributed by atoms with Gasteiger partial charge in [0.25, 0.3) is 0 Å². The lowest BCUT2D eigenvalue weighted by molar-refractivity contribution is 0.306. The zero-order valence-corrected chi connectivity index (χ0v) is 15.3. The fourth-order valence-corrected chi connectivity index (χ4v) is 3.10. The minimum atomic E-state index is 0.518. The maximum atomic E-state index is 5.87. The molecule has 0 saturated heterocycles. The number of hydrogen-bond acceptors (Lipinski definition) is 5. The third-order valence-corrected chi connectivity index (χ3v) is 4.74. The van der Waals surface area contributed by atoms with Gasteiger partial charge in [0.15, 0.2) is 17.1 Å². The lowest BCUT2D eigenvalue weighted by Gasteiger charge is -2.07. The van der Waals surface area contributed by atoms with Gasteiger partial charge in [-0.05, 0) is 29.7 Å². The Morgan fingerprint density at radius 1 is 1.00 bits per heavy atom. The van der Waals surface area contributed by atoms with Crippen molar-refractivity contribution in [1.29, 1.82) is 0 Å². The van der Waals surface area contributed by atoms with Gasteiger partial charge in [0, 0.05) is 5.56 Å². The van der Waals surface area contributed by atoms with Crippen LogP contribution in [-0.2, 0) is 13.0 Å². The van der Waals surface area contributed by atoms with Gasteiger partial charge in [-0.1, -0.05) is 43.3 Å². The first-order chi connectivity index (χ1) is 13.8. The van der Waals surface area contributed by atoms with Crippen LogP contribution in [0.25, 0.3) is 28.1 Å². The van der Waals surface area contributed by atoms with E-state index in [1.165, 1.54) is 5.56 Å². The largest absolute Gasteiger partial charge is 0.489 e. The van der Waals surface area contributed by atoms with Gasteiger partial charge in [-0.2, -0.15) is 5.10 Å². The van der Waals surface area contributed by atoms with E-state index in [9.17, 15) is 0 Å². The molecule has 0 aliphatic carbocycles. The van der Waals surface area contributed by atoms with Crippen molar-refractivity contribution in [3.05, 3.63) is 72.2 Å². The monoisotopic (exact) mass is 370 g/mol. The predicted octanol–water partition coefficient (Wildman–Crippen LogP) is 3.81. The summed E-state index contributed by atoms with van der Waals surface area (Å²) in [6.45, 7) is 2.66. The summed E-state index contributed by atoms with van der Waals surface area (Å²) in [5.41, 5.74) is 4.77. The van der Waals surface area contributed by atoms with E-state index in [-0.39, 0.29) is 0 Å². The number of H-pyrrole nitrogens is 1. The molecule has 0 bridgehead atoms. The van der Waals surface area contributed by atoms with Crippen LogP contribution in [0.15, 0.2) is 61.1 Å². The maximum absolute atomic E-state index is 5.87. The fourth-order valence-electron chi connectivity index (χ4n) is 3.10. The molecule has 3 heterocycles. The van der Waals surface area contributed by atoms with Crippen molar-refractivity contribution < 1.29 is 4.74 Å². The SMILES string of the molecule is CCc1ccc(OCc2ccc(-c3nc4c5cn[nH]c5ncn4n3)cc2)cc1. The summed E-state index contributed by atoms with van der Waals surface area (Å²) in [6, 6.07) is 16.3. The number of aromatic nitrogens is 6. The van der Waals surface area contributed by atoms with Crippen molar-refractivity contribution in [2.45, 2.75) is 20.0 Å². The number of aromatic amines is 1. The number of hydrogen-bond donors (Lipinski definition) is 1. The van der Waals surface area contributed by atoms with E-state index in [1.54, 1.807) is 17.0 Å². The van der Waals surface area contributed by atoms with E-state index in [2.05, 4.69) is 44.3 Å². The average Bonchev–Trinajstić information content (AvgIpc) is 3.39. The van der Waals surface area contributed by atoms with E-state index in [0.717, 1.165) is 34.3 Å². The Balaban J connectivity index is 1.35. The highest BCUT2D eigenvalue weighted by atomic mass is 16.5. The van der Waals surface area contributed by atoms with Crippen LogP contribution in [0, 0.1) is 0 Å². The number of aryl methyl sites for hydroxylation is 1. The molecule has 138 valence electrons. The third-order valence-electron chi connectivity index (χ3n) is 4.74. The highest BCUT2D eigenvalue weighted by Crippen LogP contribution is 2.21. The van der Waals surface area contributed by atoms with E-state index in [1.807, 2.05) is 36.4 Å². The number of fused-ring (bicyclic) bond motifs is 3. The normalized spacial score (nSPS) is 11.3. The standard InChI is InChI=1S/C21H18N6O/c1-2-14-5-9-17(10-6-14)28-12-15-3-7-16(8-4-15)19-24-21-18-11-23-25-20(18)22-13-27(21)26-19/h3-11,13H,2,12H2,1H3,(H,23,25). The molecule has 0 unspecified atom stereocenters. The molecule has 28 heavy (non-hydrogen) atoms. The molecule has 0 radical (unpaired) electrons. The highest BCUT2D eigenvalue weighted by Gasteiger charge is 2.11. The Kier molecular flexibility index (Phi) is 3.97. The van der Waals surface area contributed by atoms with Crippen molar-refractivity contribution in [1.82, 2.24) is 29.8 Å². The molecule has 0 amide bonds. The Morgan fingerprint density at radius 3 is 2.57 bits per heavy atom. The molecule has 5 aromatic rings. The predicted molar refractivity (Wildman–Crippen MR) is 106 cm³/mol. The van der Waals surface area contributed by atoms with Gasteiger partial charge in [-0.3, -0.25) is 5.10 Å². The van der Waals surface area contributed by atoms with Crippen LogP contribution in [0.1, 0.15) is 18.1 Å². The van der Waals surface area contributed by atoms with Crippen LogP contribution in [0.5, 0.6) is 5.75 Å². The lowest BCUT2D eigenvalue weighted by Crippen LogP contribution is -1.95. The second-order valence-electron chi connectivity index (χ2n) is 6.56. The second kappa shape index (κ2) is 6.77. The first kappa shape index (κ1) is 16.4. The molecule has 7 nitrogen and oxygen atoms in total. The highest BCUT2D eigenvalue weighted by molar-refractivity contribution is 5.88. The second-order valence-corrected chi connectivity index (χ2v) is 6.56.